The molecule has 2 N–H and O–H groups in total. The molecule has 14 heavy (non-hydrogen) atoms. The quantitative estimate of drug-likeness (QED) is 0.752. The summed E-state index contributed by atoms with van der Waals surface area (Å²) in [5.74, 6) is 1.31. The van der Waals surface area contributed by atoms with Crippen molar-refractivity contribution in [3.05, 3.63) is 0 Å². The van der Waals surface area contributed by atoms with Gasteiger partial charge in [0.05, 0.1) is 6.10 Å². The molecule has 1 aliphatic carbocycles. The maximum absolute atomic E-state index is 9.68. The van der Waals surface area contributed by atoms with Crippen LogP contribution in [0.2, 0.25) is 0 Å². The van der Waals surface area contributed by atoms with Gasteiger partial charge in [-0.3, -0.25) is 0 Å². The average Bonchev–Trinajstić information content (AvgIpc) is 2.73. The van der Waals surface area contributed by atoms with Crippen LogP contribution in [-0.2, 0) is 0 Å². The SMILES string of the molecule is CC1(CNC2CCCC2O)CCCS1. The molecule has 1 saturated heterocycles. The molecule has 1 heterocycles. The minimum Gasteiger partial charge on any atom is -0.392 e. The van der Waals surface area contributed by atoms with Crippen molar-refractivity contribution in [3.63, 3.8) is 0 Å². The lowest BCUT2D eigenvalue weighted by Gasteiger charge is -2.26. The van der Waals surface area contributed by atoms with E-state index in [0.29, 0.717) is 10.8 Å². The maximum Gasteiger partial charge on any atom is 0.0693 e. The Morgan fingerprint density at radius 1 is 1.43 bits per heavy atom. The molecule has 0 aromatic heterocycles. The van der Waals surface area contributed by atoms with Crippen LogP contribution in [0, 0.1) is 0 Å². The van der Waals surface area contributed by atoms with Crippen LogP contribution in [0.3, 0.4) is 0 Å². The molecule has 82 valence electrons. The smallest absolute Gasteiger partial charge is 0.0693 e. The first kappa shape index (κ1) is 10.8. The highest BCUT2D eigenvalue weighted by Gasteiger charge is 2.32. The van der Waals surface area contributed by atoms with Gasteiger partial charge in [0, 0.05) is 17.3 Å². The molecular formula is C11H21NOS. The predicted molar refractivity (Wildman–Crippen MR) is 61.7 cm³/mol. The number of aliphatic hydroxyl groups is 1. The molecule has 3 unspecified atom stereocenters. The van der Waals surface area contributed by atoms with E-state index in [4.69, 9.17) is 0 Å². The number of hydrogen-bond acceptors (Lipinski definition) is 3. The van der Waals surface area contributed by atoms with E-state index in [9.17, 15) is 5.11 Å². The third-order valence-corrected chi connectivity index (χ3v) is 5.06. The largest absolute Gasteiger partial charge is 0.392 e. The molecule has 2 nitrogen and oxygen atoms in total. The van der Waals surface area contributed by atoms with Gasteiger partial charge in [-0.25, -0.2) is 0 Å². The summed E-state index contributed by atoms with van der Waals surface area (Å²) < 4.78 is 0.433. The van der Waals surface area contributed by atoms with E-state index in [0.717, 1.165) is 19.4 Å². The topological polar surface area (TPSA) is 32.3 Å². The summed E-state index contributed by atoms with van der Waals surface area (Å²) in [7, 11) is 0. The fraction of sp³-hybridized carbons (Fsp3) is 1.00. The second kappa shape index (κ2) is 4.42. The van der Waals surface area contributed by atoms with Crippen molar-refractivity contribution in [2.45, 2.75) is 55.9 Å². The monoisotopic (exact) mass is 215 g/mol. The Bertz CT molecular complexity index is 192. The lowest BCUT2D eigenvalue weighted by atomic mass is 10.0. The Morgan fingerprint density at radius 2 is 2.29 bits per heavy atom. The molecule has 2 aliphatic rings. The van der Waals surface area contributed by atoms with Gasteiger partial charge in [0.2, 0.25) is 0 Å². The van der Waals surface area contributed by atoms with Crippen molar-refractivity contribution in [1.82, 2.24) is 5.32 Å². The van der Waals surface area contributed by atoms with Gasteiger partial charge in [-0.05, 0) is 44.8 Å². The Kier molecular flexibility index (Phi) is 3.40. The molecular weight excluding hydrogens is 194 g/mol. The summed E-state index contributed by atoms with van der Waals surface area (Å²) in [4.78, 5) is 0. The Labute approximate surface area is 90.8 Å². The number of hydrogen-bond donors (Lipinski definition) is 2. The second-order valence-corrected chi connectivity index (χ2v) is 6.57. The molecule has 1 aliphatic heterocycles. The first-order chi connectivity index (χ1) is 6.70. The van der Waals surface area contributed by atoms with E-state index in [-0.39, 0.29) is 6.10 Å². The first-order valence-electron chi connectivity index (χ1n) is 5.75. The minimum absolute atomic E-state index is 0.0926. The molecule has 1 saturated carbocycles. The van der Waals surface area contributed by atoms with Crippen LogP contribution in [0.4, 0.5) is 0 Å². The molecule has 0 aromatic carbocycles. The van der Waals surface area contributed by atoms with E-state index in [1.807, 2.05) is 0 Å². The number of thioether (sulfide) groups is 1. The van der Waals surface area contributed by atoms with Crippen LogP contribution in [0.1, 0.15) is 39.0 Å². The van der Waals surface area contributed by atoms with Crippen LogP contribution in [-0.4, -0.2) is 34.3 Å². The Balaban J connectivity index is 1.75. The zero-order valence-corrected chi connectivity index (χ0v) is 9.78. The average molecular weight is 215 g/mol. The van der Waals surface area contributed by atoms with Crippen molar-refractivity contribution in [2.24, 2.45) is 0 Å². The van der Waals surface area contributed by atoms with Gasteiger partial charge < -0.3 is 10.4 Å². The predicted octanol–water partition coefficient (Wildman–Crippen LogP) is 1.78. The molecule has 2 fully saturated rings. The highest BCUT2D eigenvalue weighted by atomic mass is 32.2. The van der Waals surface area contributed by atoms with E-state index in [2.05, 4.69) is 24.0 Å². The van der Waals surface area contributed by atoms with Crippen LogP contribution in [0.25, 0.3) is 0 Å². The lowest BCUT2D eigenvalue weighted by molar-refractivity contribution is 0.148. The maximum atomic E-state index is 9.68. The van der Waals surface area contributed by atoms with Crippen molar-refractivity contribution in [3.8, 4) is 0 Å². The zero-order valence-electron chi connectivity index (χ0n) is 8.96. The molecule has 2 rings (SSSR count). The Hall–Kier alpha value is 0.270. The summed E-state index contributed by atoms with van der Waals surface area (Å²) in [6, 6.07) is 0.369. The fourth-order valence-electron chi connectivity index (χ4n) is 2.50. The van der Waals surface area contributed by atoms with E-state index in [1.54, 1.807) is 0 Å². The van der Waals surface area contributed by atoms with Crippen LogP contribution >= 0.6 is 11.8 Å². The van der Waals surface area contributed by atoms with Crippen molar-refractivity contribution in [2.75, 3.05) is 12.3 Å². The van der Waals surface area contributed by atoms with Gasteiger partial charge in [-0.1, -0.05) is 0 Å². The molecule has 0 radical (unpaired) electrons. The van der Waals surface area contributed by atoms with Gasteiger partial charge >= 0.3 is 0 Å². The third-order valence-electron chi connectivity index (χ3n) is 3.52. The second-order valence-electron chi connectivity index (χ2n) is 4.89. The normalized spacial score (nSPS) is 43.3. The fourth-order valence-corrected chi connectivity index (χ4v) is 3.76. The summed E-state index contributed by atoms with van der Waals surface area (Å²) in [5, 5.41) is 13.2. The van der Waals surface area contributed by atoms with Crippen LogP contribution in [0.15, 0.2) is 0 Å². The summed E-state index contributed by atoms with van der Waals surface area (Å²) in [6.45, 7) is 3.42. The van der Waals surface area contributed by atoms with Gasteiger partial charge in [0.1, 0.15) is 0 Å². The third kappa shape index (κ3) is 2.44. The minimum atomic E-state index is -0.0926. The van der Waals surface area contributed by atoms with Crippen molar-refractivity contribution >= 4 is 11.8 Å². The van der Waals surface area contributed by atoms with E-state index >= 15 is 0 Å². The van der Waals surface area contributed by atoms with Gasteiger partial charge in [-0.15, -0.1) is 0 Å². The van der Waals surface area contributed by atoms with E-state index in [1.165, 1.54) is 25.0 Å². The number of nitrogens with one attached hydrogen (secondary N) is 1. The van der Waals surface area contributed by atoms with Gasteiger partial charge in [-0.2, -0.15) is 11.8 Å². The van der Waals surface area contributed by atoms with Crippen molar-refractivity contribution in [1.29, 1.82) is 0 Å². The summed E-state index contributed by atoms with van der Waals surface area (Å²) in [5.41, 5.74) is 0. The highest BCUT2D eigenvalue weighted by molar-refractivity contribution is 8.00. The van der Waals surface area contributed by atoms with Crippen molar-refractivity contribution < 1.29 is 5.11 Å². The molecule has 3 atom stereocenters. The van der Waals surface area contributed by atoms with E-state index < -0.39 is 0 Å². The lowest BCUT2D eigenvalue weighted by Crippen LogP contribution is -2.42. The molecule has 0 amide bonds. The number of rotatable bonds is 3. The standard InChI is InChI=1S/C11H21NOS/c1-11(6-3-7-14-11)8-12-9-4-2-5-10(9)13/h9-10,12-13H,2-8H2,1H3. The Morgan fingerprint density at radius 3 is 2.86 bits per heavy atom. The van der Waals surface area contributed by atoms with Crippen LogP contribution < -0.4 is 5.32 Å². The molecule has 3 heteroatoms. The summed E-state index contributed by atoms with van der Waals surface area (Å²) >= 11 is 2.09. The first-order valence-corrected chi connectivity index (χ1v) is 6.74. The molecule has 0 aromatic rings. The molecule has 0 spiro atoms. The zero-order chi connectivity index (χ0) is 10.0. The molecule has 0 bridgehead atoms. The van der Waals surface area contributed by atoms with Gasteiger partial charge in [0.25, 0.3) is 0 Å². The number of aliphatic hydroxyl groups excluding tert-OH is 1. The summed E-state index contributed by atoms with van der Waals surface area (Å²) in [6.07, 6.45) is 5.92. The van der Waals surface area contributed by atoms with Crippen LogP contribution in [0.5, 0.6) is 0 Å². The highest BCUT2D eigenvalue weighted by Crippen LogP contribution is 2.37. The van der Waals surface area contributed by atoms with Gasteiger partial charge in [0.15, 0.2) is 0 Å².